The summed E-state index contributed by atoms with van der Waals surface area (Å²) in [4.78, 5) is 28.9. The summed E-state index contributed by atoms with van der Waals surface area (Å²) < 4.78 is 31.7. The average molecular weight is 676 g/mol. The lowest BCUT2D eigenvalue weighted by molar-refractivity contribution is -0.132. The Bertz CT molecular complexity index is 1830. The van der Waals surface area contributed by atoms with Crippen molar-refractivity contribution in [2.45, 2.75) is 62.3 Å². The van der Waals surface area contributed by atoms with Gasteiger partial charge >= 0.3 is 5.91 Å². The van der Waals surface area contributed by atoms with Crippen molar-refractivity contribution in [3.8, 4) is 17.2 Å². The number of ether oxygens (including phenoxy) is 3. The number of hydrogen-bond acceptors (Lipinski definition) is 10. The number of halogens is 1. The largest absolute Gasteiger partial charge is 0.507 e. The second-order valence-electron chi connectivity index (χ2n) is 11.2. The number of aliphatic hydroxyl groups is 1. The minimum atomic E-state index is -1.02. The number of aliphatic hydroxyl groups excluding tert-OH is 1. The summed E-state index contributed by atoms with van der Waals surface area (Å²) in [5.41, 5.74) is 2.67. The molecule has 0 radical (unpaired) electrons. The van der Waals surface area contributed by atoms with Gasteiger partial charge in [-0.1, -0.05) is 54.6 Å². The maximum absolute atomic E-state index is 13.8. The first-order chi connectivity index (χ1) is 22.8. The van der Waals surface area contributed by atoms with Crippen molar-refractivity contribution in [3.05, 3.63) is 94.3 Å². The van der Waals surface area contributed by atoms with Gasteiger partial charge in [-0.05, 0) is 79.4 Å². The molecule has 2 aliphatic heterocycles. The van der Waals surface area contributed by atoms with E-state index in [4.69, 9.17) is 14.2 Å². The smallest absolute Gasteiger partial charge is 0.301 e. The van der Waals surface area contributed by atoms with E-state index in [2.05, 4.69) is 17.1 Å². The Morgan fingerprint density at radius 3 is 2.64 bits per heavy atom. The molecular formula is C35H34FN3O6S2. The van der Waals surface area contributed by atoms with Crippen molar-refractivity contribution in [2.24, 2.45) is 0 Å². The van der Waals surface area contributed by atoms with Gasteiger partial charge in [0.25, 0.3) is 5.78 Å². The van der Waals surface area contributed by atoms with E-state index in [0.717, 1.165) is 41.1 Å². The predicted molar refractivity (Wildman–Crippen MR) is 179 cm³/mol. The summed E-state index contributed by atoms with van der Waals surface area (Å²) in [6.07, 6.45) is 2.50. The third-order valence-electron chi connectivity index (χ3n) is 7.83. The predicted octanol–water partition coefficient (Wildman–Crippen LogP) is 7.50. The monoisotopic (exact) mass is 675 g/mol. The molecule has 1 amide bonds. The molecule has 12 heteroatoms. The number of anilines is 1. The number of Topliss-reactive ketones (excluding diaryl/α,β-unsaturated/α-hetero) is 1. The Balaban J connectivity index is 1.41. The van der Waals surface area contributed by atoms with Crippen LogP contribution in [0.25, 0.3) is 5.76 Å². The molecule has 3 aromatic carbocycles. The highest BCUT2D eigenvalue weighted by Crippen LogP contribution is 2.46. The lowest BCUT2D eigenvalue weighted by Gasteiger charge is -2.23. The molecule has 0 aliphatic carbocycles. The average Bonchev–Trinajstić information content (AvgIpc) is 3.76. The number of amides is 1. The van der Waals surface area contributed by atoms with Crippen LogP contribution in [-0.4, -0.2) is 46.3 Å². The van der Waals surface area contributed by atoms with Crippen molar-refractivity contribution < 1.29 is 33.3 Å². The molecule has 2 atom stereocenters. The van der Waals surface area contributed by atoms with Crippen molar-refractivity contribution in [3.63, 3.8) is 0 Å². The third-order valence-corrected chi connectivity index (χ3v) is 9.96. The standard InChI is InChI=1S/C35H34FN3O6S2/c1-4-6-15-44-27-14-9-22(18-28(27)43-5-2)30-29(31(40)23-10-13-26-24(17-23)16-20(3)45-26)32(41)33(42)39(30)34-37-38-35(47-34)46-19-21-7-11-25(36)12-8-21/h7-14,17-18,20,30,40H,4-6,15-16,19H2,1-3H3/t20-,30+/m1/s1. The number of thioether (sulfide) groups is 1. The van der Waals surface area contributed by atoms with Crippen LogP contribution in [-0.2, 0) is 21.8 Å². The lowest BCUT2D eigenvalue weighted by atomic mass is 9.94. The minimum Gasteiger partial charge on any atom is -0.507 e. The highest BCUT2D eigenvalue weighted by atomic mass is 32.2. The number of carbonyl (C=O) groups excluding carboxylic acids is 2. The first-order valence-electron chi connectivity index (χ1n) is 15.5. The van der Waals surface area contributed by atoms with Crippen molar-refractivity contribution in [2.75, 3.05) is 18.1 Å². The Labute approximate surface area is 280 Å². The van der Waals surface area contributed by atoms with Crippen molar-refractivity contribution in [1.82, 2.24) is 10.2 Å². The van der Waals surface area contributed by atoms with Crippen LogP contribution in [0.3, 0.4) is 0 Å². The fourth-order valence-corrected chi connectivity index (χ4v) is 7.39. The summed E-state index contributed by atoms with van der Waals surface area (Å²) in [5.74, 6) is -0.0396. The zero-order chi connectivity index (χ0) is 33.1. The minimum absolute atomic E-state index is 0.00412. The van der Waals surface area contributed by atoms with Crippen LogP contribution in [0.5, 0.6) is 17.2 Å². The number of hydrogen-bond donors (Lipinski definition) is 1. The molecule has 244 valence electrons. The van der Waals surface area contributed by atoms with E-state index in [-0.39, 0.29) is 28.4 Å². The maximum Gasteiger partial charge on any atom is 0.301 e. The van der Waals surface area contributed by atoms with E-state index in [9.17, 15) is 19.1 Å². The van der Waals surface area contributed by atoms with E-state index in [1.54, 1.807) is 48.5 Å². The molecule has 0 unspecified atom stereocenters. The van der Waals surface area contributed by atoms with Gasteiger partial charge in [-0.15, -0.1) is 10.2 Å². The summed E-state index contributed by atoms with van der Waals surface area (Å²) >= 11 is 2.54. The number of unbranched alkanes of at least 4 members (excludes halogenated alkanes) is 1. The molecule has 9 nitrogen and oxygen atoms in total. The highest BCUT2D eigenvalue weighted by Gasteiger charge is 2.48. The SMILES string of the molecule is CCCCOc1ccc([C@H]2C(=C(O)c3ccc4c(c3)C[C@@H](C)O4)C(=O)C(=O)N2c2nnc(SCc3ccc(F)cc3)s2)cc1OCC. The first-order valence-corrected chi connectivity index (χ1v) is 17.3. The molecule has 3 heterocycles. The van der Waals surface area contributed by atoms with Crippen LogP contribution in [0, 0.1) is 5.82 Å². The molecule has 47 heavy (non-hydrogen) atoms. The van der Waals surface area contributed by atoms with Crippen LogP contribution < -0.4 is 19.1 Å². The number of rotatable bonds is 12. The number of carbonyl (C=O) groups is 2. The van der Waals surface area contributed by atoms with Crippen LogP contribution in [0.15, 0.2) is 70.6 Å². The topological polar surface area (TPSA) is 111 Å². The molecule has 1 fully saturated rings. The summed E-state index contributed by atoms with van der Waals surface area (Å²) in [7, 11) is 0. The Morgan fingerprint density at radius 1 is 1.06 bits per heavy atom. The second-order valence-corrected chi connectivity index (χ2v) is 13.4. The van der Waals surface area contributed by atoms with Gasteiger partial charge in [0.15, 0.2) is 15.8 Å². The van der Waals surface area contributed by atoms with Gasteiger partial charge in [-0.3, -0.25) is 14.5 Å². The van der Waals surface area contributed by atoms with E-state index in [0.29, 0.717) is 52.4 Å². The van der Waals surface area contributed by atoms with Gasteiger partial charge in [0.2, 0.25) is 5.13 Å². The van der Waals surface area contributed by atoms with Crippen LogP contribution >= 0.6 is 23.1 Å². The molecule has 0 bridgehead atoms. The van der Waals surface area contributed by atoms with Crippen LogP contribution in [0.1, 0.15) is 61.9 Å². The van der Waals surface area contributed by atoms with Gasteiger partial charge in [-0.2, -0.15) is 0 Å². The zero-order valence-corrected chi connectivity index (χ0v) is 27.8. The lowest BCUT2D eigenvalue weighted by Crippen LogP contribution is -2.29. The van der Waals surface area contributed by atoms with Crippen LogP contribution in [0.2, 0.25) is 0 Å². The molecule has 0 saturated carbocycles. The van der Waals surface area contributed by atoms with Crippen LogP contribution in [0.4, 0.5) is 9.52 Å². The van der Waals surface area contributed by atoms with Gasteiger partial charge in [-0.25, -0.2) is 4.39 Å². The Hall–Kier alpha value is -4.42. The normalized spacial score (nSPS) is 18.3. The Morgan fingerprint density at radius 2 is 1.87 bits per heavy atom. The van der Waals surface area contributed by atoms with E-state index >= 15 is 0 Å². The number of benzene rings is 3. The van der Waals surface area contributed by atoms with E-state index < -0.39 is 17.7 Å². The fourth-order valence-electron chi connectivity index (χ4n) is 5.56. The fraction of sp³-hybridized carbons (Fsp3) is 0.314. The summed E-state index contributed by atoms with van der Waals surface area (Å²) in [6.45, 7) is 6.78. The Kier molecular flexibility index (Phi) is 9.79. The van der Waals surface area contributed by atoms with E-state index in [1.165, 1.54) is 28.8 Å². The molecule has 4 aromatic rings. The quantitative estimate of drug-likeness (QED) is 0.0408. The highest BCUT2D eigenvalue weighted by molar-refractivity contribution is 8.00. The zero-order valence-electron chi connectivity index (χ0n) is 26.2. The van der Waals surface area contributed by atoms with Gasteiger partial charge in [0.05, 0.1) is 24.8 Å². The second kappa shape index (κ2) is 14.1. The van der Waals surface area contributed by atoms with E-state index in [1.807, 2.05) is 13.8 Å². The van der Waals surface area contributed by atoms with Crippen molar-refractivity contribution in [1.29, 1.82) is 0 Å². The van der Waals surface area contributed by atoms with Gasteiger partial charge in [0, 0.05) is 17.7 Å². The third kappa shape index (κ3) is 6.84. The number of fused-ring (bicyclic) bond motifs is 1. The molecule has 1 aromatic heterocycles. The van der Waals surface area contributed by atoms with Crippen molar-refractivity contribution >= 4 is 45.7 Å². The molecular weight excluding hydrogens is 642 g/mol. The first kappa shape index (κ1) is 32.5. The molecule has 1 saturated heterocycles. The molecule has 2 aliphatic rings. The number of nitrogens with zero attached hydrogens (tertiary/aromatic N) is 3. The summed E-state index contributed by atoms with van der Waals surface area (Å²) in [5, 5.41) is 20.5. The van der Waals surface area contributed by atoms with Gasteiger partial charge in [0.1, 0.15) is 23.4 Å². The van der Waals surface area contributed by atoms with Gasteiger partial charge < -0.3 is 19.3 Å². The number of ketones is 1. The molecule has 0 spiro atoms. The number of aromatic nitrogens is 2. The maximum atomic E-state index is 13.8. The molecule has 6 rings (SSSR count). The molecule has 1 N–H and O–H groups in total. The summed E-state index contributed by atoms with van der Waals surface area (Å²) in [6, 6.07) is 15.7.